The van der Waals surface area contributed by atoms with E-state index in [0.29, 0.717) is 6.33 Å². The lowest BCUT2D eigenvalue weighted by atomic mass is 10.0. The summed E-state index contributed by atoms with van der Waals surface area (Å²) in [5.74, 6) is -0.948. The van der Waals surface area contributed by atoms with Crippen LogP contribution in [0.25, 0.3) is 0 Å². The number of rotatable bonds is 2. The Kier molecular flexibility index (Phi) is 3.76. The van der Waals surface area contributed by atoms with Crippen molar-refractivity contribution in [3.63, 3.8) is 0 Å². The van der Waals surface area contributed by atoms with E-state index in [-0.39, 0.29) is 11.1 Å². The summed E-state index contributed by atoms with van der Waals surface area (Å²) in [4.78, 5) is 16.7. The molecule has 0 saturated heterocycles. The largest absolute Gasteiger partial charge is 0.433 e. The van der Waals surface area contributed by atoms with Crippen LogP contribution in [0.5, 0.6) is 0 Å². The Morgan fingerprint density at radius 1 is 1.33 bits per heavy atom. The number of hydrogen-bond donors (Lipinski definition) is 1. The minimum Gasteiger partial charge on any atom is -0.313 e. The number of benzene rings is 1. The van der Waals surface area contributed by atoms with E-state index >= 15 is 0 Å². The number of aromatic nitrogens is 2. The van der Waals surface area contributed by atoms with E-state index in [2.05, 4.69) is 4.98 Å². The Bertz CT molecular complexity index is 774. The molecule has 0 atom stereocenters. The lowest BCUT2D eigenvalue weighted by Crippen LogP contribution is -2.23. The van der Waals surface area contributed by atoms with E-state index in [4.69, 9.17) is 5.26 Å². The first-order valence-corrected chi connectivity index (χ1v) is 5.66. The third kappa shape index (κ3) is 2.91. The maximum Gasteiger partial charge on any atom is 0.433 e. The second-order valence-corrected chi connectivity index (χ2v) is 4.12. The highest BCUT2D eigenvalue weighted by atomic mass is 19.4. The van der Waals surface area contributed by atoms with Gasteiger partial charge in [-0.1, -0.05) is 12.1 Å². The first-order chi connectivity index (χ1) is 9.84. The Morgan fingerprint density at radius 2 is 2.05 bits per heavy atom. The molecule has 0 aliphatic carbocycles. The second-order valence-electron chi connectivity index (χ2n) is 4.12. The molecular weight excluding hydrogens is 290 g/mol. The van der Waals surface area contributed by atoms with Gasteiger partial charge in [-0.25, -0.2) is 9.37 Å². The van der Waals surface area contributed by atoms with Crippen molar-refractivity contribution < 1.29 is 17.6 Å². The number of halogens is 4. The normalized spacial score (nSPS) is 11.2. The first kappa shape index (κ1) is 14.7. The molecule has 4 nitrogen and oxygen atoms in total. The van der Waals surface area contributed by atoms with Gasteiger partial charge < -0.3 is 4.98 Å². The molecule has 2 aromatic rings. The number of nitrogens with zero attached hydrogens (tertiary/aromatic N) is 2. The van der Waals surface area contributed by atoms with Crippen LogP contribution in [0.15, 0.2) is 29.3 Å². The lowest BCUT2D eigenvalue weighted by molar-refractivity contribution is -0.141. The number of H-pyrrole nitrogens is 1. The maximum atomic E-state index is 13.9. The standard InChI is InChI=1S/C13H7F4N3O/c14-10-7(2-1-3-8(10)5-18)4-9-11(13(15,16)17)19-6-20-12(9)21/h1-3,6H,4H2,(H,19,20,21). The van der Waals surface area contributed by atoms with Gasteiger partial charge in [-0.3, -0.25) is 4.79 Å². The molecule has 21 heavy (non-hydrogen) atoms. The van der Waals surface area contributed by atoms with Crippen molar-refractivity contribution in [2.24, 2.45) is 0 Å². The predicted molar refractivity (Wildman–Crippen MR) is 63.8 cm³/mol. The fraction of sp³-hybridized carbons (Fsp3) is 0.154. The van der Waals surface area contributed by atoms with E-state index in [0.717, 1.165) is 0 Å². The van der Waals surface area contributed by atoms with Gasteiger partial charge in [0.15, 0.2) is 5.69 Å². The SMILES string of the molecule is N#Cc1cccc(Cc2c(C(F)(F)F)nc[nH]c2=O)c1F. The minimum absolute atomic E-state index is 0.182. The molecule has 0 amide bonds. The third-order valence-corrected chi connectivity index (χ3v) is 2.78. The molecule has 0 aliphatic heterocycles. The van der Waals surface area contributed by atoms with Gasteiger partial charge >= 0.3 is 6.18 Å². The molecule has 0 bridgehead atoms. The van der Waals surface area contributed by atoms with Gasteiger partial charge in [-0.05, 0) is 11.6 Å². The van der Waals surface area contributed by atoms with Crippen molar-refractivity contribution >= 4 is 0 Å². The van der Waals surface area contributed by atoms with Crippen LogP contribution in [-0.4, -0.2) is 9.97 Å². The third-order valence-electron chi connectivity index (χ3n) is 2.78. The van der Waals surface area contributed by atoms with Gasteiger partial charge in [0.2, 0.25) is 0 Å². The highest BCUT2D eigenvalue weighted by molar-refractivity contribution is 5.38. The smallest absolute Gasteiger partial charge is 0.313 e. The van der Waals surface area contributed by atoms with Gasteiger partial charge in [0.25, 0.3) is 5.56 Å². The van der Waals surface area contributed by atoms with Gasteiger partial charge in [0.05, 0.1) is 17.5 Å². The summed E-state index contributed by atoms with van der Waals surface area (Å²) in [6.07, 6.45) is -4.80. The van der Waals surface area contributed by atoms with Crippen molar-refractivity contribution in [3.05, 3.63) is 63.1 Å². The van der Waals surface area contributed by atoms with Gasteiger partial charge in [-0.15, -0.1) is 0 Å². The quantitative estimate of drug-likeness (QED) is 0.865. The zero-order valence-electron chi connectivity index (χ0n) is 10.3. The second kappa shape index (κ2) is 5.36. The van der Waals surface area contributed by atoms with Crippen LogP contribution in [0.2, 0.25) is 0 Å². The van der Waals surface area contributed by atoms with E-state index < -0.39 is 35.2 Å². The number of hydrogen-bond acceptors (Lipinski definition) is 3. The average molecular weight is 297 g/mol. The molecule has 0 radical (unpaired) electrons. The zero-order valence-corrected chi connectivity index (χ0v) is 10.3. The van der Waals surface area contributed by atoms with Gasteiger partial charge in [0.1, 0.15) is 11.9 Å². The minimum atomic E-state index is -4.83. The first-order valence-electron chi connectivity index (χ1n) is 5.66. The topological polar surface area (TPSA) is 69.5 Å². The predicted octanol–water partition coefficient (Wildman–Crippen LogP) is 2.39. The van der Waals surface area contributed by atoms with E-state index in [1.54, 1.807) is 6.07 Å². The summed E-state index contributed by atoms with van der Waals surface area (Å²) in [7, 11) is 0. The molecule has 0 fully saturated rings. The summed E-state index contributed by atoms with van der Waals surface area (Å²) in [5, 5.41) is 8.70. The van der Waals surface area contributed by atoms with Crippen molar-refractivity contribution in [2.75, 3.05) is 0 Å². The zero-order chi connectivity index (χ0) is 15.6. The van der Waals surface area contributed by atoms with Crippen LogP contribution < -0.4 is 5.56 Å². The lowest BCUT2D eigenvalue weighted by Gasteiger charge is -2.11. The molecule has 0 aliphatic rings. The Morgan fingerprint density at radius 3 is 2.67 bits per heavy atom. The summed E-state index contributed by atoms with van der Waals surface area (Å²) in [6, 6.07) is 5.31. The summed E-state index contributed by atoms with van der Waals surface area (Å²) in [6.45, 7) is 0. The van der Waals surface area contributed by atoms with Crippen LogP contribution in [0, 0.1) is 17.1 Å². The molecule has 0 unspecified atom stereocenters. The van der Waals surface area contributed by atoms with Gasteiger partial charge in [-0.2, -0.15) is 18.4 Å². The molecule has 1 heterocycles. The van der Waals surface area contributed by atoms with Crippen LogP contribution in [0.4, 0.5) is 17.6 Å². The molecule has 1 N–H and O–H groups in total. The van der Waals surface area contributed by atoms with E-state index in [1.807, 2.05) is 4.98 Å². The molecule has 1 aromatic carbocycles. The van der Waals surface area contributed by atoms with Gasteiger partial charge in [0, 0.05) is 6.42 Å². The maximum absolute atomic E-state index is 13.9. The summed E-state index contributed by atoms with van der Waals surface area (Å²) in [5.41, 5.74) is -3.55. The van der Waals surface area contributed by atoms with Crippen molar-refractivity contribution in [1.82, 2.24) is 9.97 Å². The number of nitriles is 1. The Hall–Kier alpha value is -2.69. The Labute approximate surface area is 115 Å². The number of alkyl halides is 3. The molecular formula is C13H7F4N3O. The fourth-order valence-corrected chi connectivity index (χ4v) is 1.83. The monoisotopic (exact) mass is 297 g/mol. The van der Waals surface area contributed by atoms with E-state index in [9.17, 15) is 22.4 Å². The molecule has 108 valence electrons. The number of aromatic amines is 1. The molecule has 1 aromatic heterocycles. The summed E-state index contributed by atoms with van der Waals surface area (Å²) >= 11 is 0. The van der Waals surface area contributed by atoms with E-state index in [1.165, 1.54) is 18.2 Å². The summed E-state index contributed by atoms with van der Waals surface area (Å²) < 4.78 is 52.3. The van der Waals surface area contributed by atoms with Crippen molar-refractivity contribution in [2.45, 2.75) is 12.6 Å². The highest BCUT2D eigenvalue weighted by Gasteiger charge is 2.36. The number of nitrogens with one attached hydrogen (secondary N) is 1. The fourth-order valence-electron chi connectivity index (χ4n) is 1.83. The molecule has 0 saturated carbocycles. The van der Waals surface area contributed by atoms with Crippen LogP contribution in [0.1, 0.15) is 22.4 Å². The van der Waals surface area contributed by atoms with Crippen LogP contribution in [-0.2, 0) is 12.6 Å². The van der Waals surface area contributed by atoms with Crippen molar-refractivity contribution in [1.29, 1.82) is 5.26 Å². The van der Waals surface area contributed by atoms with Crippen LogP contribution in [0.3, 0.4) is 0 Å². The molecule has 8 heteroatoms. The molecule has 2 rings (SSSR count). The highest BCUT2D eigenvalue weighted by Crippen LogP contribution is 2.30. The molecule has 0 spiro atoms. The average Bonchev–Trinajstić information content (AvgIpc) is 2.42. The van der Waals surface area contributed by atoms with Crippen LogP contribution >= 0.6 is 0 Å². The van der Waals surface area contributed by atoms with Crippen molar-refractivity contribution in [3.8, 4) is 6.07 Å². The Balaban J connectivity index is 2.56.